The van der Waals surface area contributed by atoms with Crippen molar-refractivity contribution in [1.29, 1.82) is 0 Å². The number of rotatable bonds is 9. The number of aryl methyl sites for hydroxylation is 2. The van der Waals surface area contributed by atoms with E-state index in [4.69, 9.17) is 4.74 Å². The van der Waals surface area contributed by atoms with E-state index in [1.165, 1.54) is 38.8 Å². The minimum Gasteiger partial charge on any atom is -0.442 e. The number of benzene rings is 3. The molecule has 0 radical (unpaired) electrons. The van der Waals surface area contributed by atoms with Crippen LogP contribution in [0.25, 0.3) is 21.6 Å². The van der Waals surface area contributed by atoms with Crippen LogP contribution in [0.5, 0.6) is 0 Å². The Kier molecular flexibility index (Phi) is 7.84. The van der Waals surface area contributed by atoms with Gasteiger partial charge in [0.25, 0.3) is 0 Å². The van der Waals surface area contributed by atoms with E-state index in [0.29, 0.717) is 11.3 Å². The lowest BCUT2D eigenvalue weighted by atomic mass is 10.0. The Hall–Kier alpha value is -3.97. The minimum absolute atomic E-state index is 0.194. The summed E-state index contributed by atoms with van der Waals surface area (Å²) >= 11 is 1.85. The molecule has 5 rings (SSSR count). The third-order valence-electron chi connectivity index (χ3n) is 6.59. The molecule has 0 aliphatic carbocycles. The van der Waals surface area contributed by atoms with Crippen LogP contribution in [-0.2, 0) is 22.4 Å². The molecule has 194 valence electrons. The SMILES string of the molecule is CC(=O)NC[C@H]1CN(c2ccc(-c3ccc(CCCc4ccc(-c5ccccc5)s4)cc3)c(F)c2)C(=O)O1. The molecular weight excluding hydrogens is 499 g/mol. The summed E-state index contributed by atoms with van der Waals surface area (Å²) in [7, 11) is 0. The summed E-state index contributed by atoms with van der Waals surface area (Å²) in [4.78, 5) is 27.4. The van der Waals surface area contributed by atoms with E-state index in [9.17, 15) is 9.59 Å². The van der Waals surface area contributed by atoms with Gasteiger partial charge < -0.3 is 10.1 Å². The lowest BCUT2D eigenvalue weighted by molar-refractivity contribution is -0.119. The summed E-state index contributed by atoms with van der Waals surface area (Å²) in [5, 5.41) is 2.64. The van der Waals surface area contributed by atoms with Gasteiger partial charge in [-0.15, -0.1) is 11.3 Å². The van der Waals surface area contributed by atoms with Crippen LogP contribution < -0.4 is 10.2 Å². The maximum absolute atomic E-state index is 15.0. The van der Waals surface area contributed by atoms with E-state index in [1.54, 1.807) is 12.1 Å². The molecule has 2 amide bonds. The van der Waals surface area contributed by atoms with Gasteiger partial charge in [-0.3, -0.25) is 9.69 Å². The molecule has 1 saturated heterocycles. The number of thiophene rings is 1. The van der Waals surface area contributed by atoms with Crippen molar-refractivity contribution in [2.45, 2.75) is 32.3 Å². The van der Waals surface area contributed by atoms with Crippen LogP contribution in [0.1, 0.15) is 23.8 Å². The van der Waals surface area contributed by atoms with Crippen molar-refractivity contribution in [3.8, 4) is 21.6 Å². The Morgan fingerprint density at radius 2 is 1.79 bits per heavy atom. The Balaban J connectivity index is 1.16. The van der Waals surface area contributed by atoms with E-state index in [1.807, 2.05) is 29.5 Å². The predicted molar refractivity (Wildman–Crippen MR) is 150 cm³/mol. The summed E-state index contributed by atoms with van der Waals surface area (Å²) in [5.74, 6) is -0.596. The molecule has 1 fully saturated rings. The normalized spacial score (nSPS) is 14.9. The van der Waals surface area contributed by atoms with Gasteiger partial charge >= 0.3 is 6.09 Å². The number of cyclic esters (lactones) is 1. The molecular formula is C31H29FN2O3S. The quantitative estimate of drug-likeness (QED) is 0.258. The lowest BCUT2D eigenvalue weighted by Gasteiger charge is -2.14. The van der Waals surface area contributed by atoms with Crippen molar-refractivity contribution in [2.24, 2.45) is 0 Å². The molecule has 1 aliphatic rings. The molecule has 38 heavy (non-hydrogen) atoms. The highest BCUT2D eigenvalue weighted by Gasteiger charge is 2.32. The standard InChI is InChI=1S/C31H29FN2O3S/c1-21(35)33-19-26-20-34(31(36)37-26)25-14-16-28(29(32)18-25)23-12-10-22(11-13-23)6-5-9-27-15-17-30(38-27)24-7-3-2-4-8-24/h2-4,7-8,10-18,26H,5-6,9,19-20H2,1H3,(H,33,35)/t26-/m0/s1. The molecule has 1 aromatic heterocycles. The Morgan fingerprint density at radius 1 is 1.00 bits per heavy atom. The topological polar surface area (TPSA) is 58.6 Å². The van der Waals surface area contributed by atoms with E-state index in [2.05, 4.69) is 53.8 Å². The van der Waals surface area contributed by atoms with Gasteiger partial charge in [0.15, 0.2) is 0 Å². The number of nitrogens with zero attached hydrogens (tertiary/aromatic N) is 1. The number of hydrogen-bond donors (Lipinski definition) is 1. The van der Waals surface area contributed by atoms with Crippen LogP contribution in [0, 0.1) is 5.82 Å². The number of amides is 2. The average molecular weight is 529 g/mol. The first kappa shape index (κ1) is 25.7. The predicted octanol–water partition coefficient (Wildman–Crippen LogP) is 6.86. The van der Waals surface area contributed by atoms with Gasteiger partial charge in [-0.1, -0.05) is 54.6 Å². The second kappa shape index (κ2) is 11.6. The second-order valence-corrected chi connectivity index (χ2v) is 10.6. The molecule has 0 unspecified atom stereocenters. The molecule has 3 aromatic carbocycles. The molecule has 5 nitrogen and oxygen atoms in total. The smallest absolute Gasteiger partial charge is 0.414 e. The average Bonchev–Trinajstić information content (AvgIpc) is 3.55. The van der Waals surface area contributed by atoms with Crippen molar-refractivity contribution in [3.05, 3.63) is 101 Å². The number of carbonyl (C=O) groups excluding carboxylic acids is 2. The van der Waals surface area contributed by atoms with Gasteiger partial charge in [0, 0.05) is 22.2 Å². The first-order valence-corrected chi connectivity index (χ1v) is 13.5. The Labute approximate surface area is 225 Å². The van der Waals surface area contributed by atoms with Gasteiger partial charge in [-0.2, -0.15) is 0 Å². The van der Waals surface area contributed by atoms with Crippen LogP contribution >= 0.6 is 11.3 Å². The molecule has 1 N–H and O–H groups in total. The van der Waals surface area contributed by atoms with Crippen molar-refractivity contribution in [2.75, 3.05) is 18.0 Å². The van der Waals surface area contributed by atoms with Crippen molar-refractivity contribution in [3.63, 3.8) is 0 Å². The molecule has 4 aromatic rings. The summed E-state index contributed by atoms with van der Waals surface area (Å²) in [6.45, 7) is 1.89. The zero-order valence-electron chi connectivity index (χ0n) is 21.2. The molecule has 0 saturated carbocycles. The van der Waals surface area contributed by atoms with Gasteiger partial charge in [0.1, 0.15) is 11.9 Å². The first-order chi connectivity index (χ1) is 18.5. The zero-order chi connectivity index (χ0) is 26.5. The number of nitrogens with one attached hydrogen (secondary N) is 1. The van der Waals surface area contributed by atoms with Crippen LogP contribution in [-0.4, -0.2) is 31.2 Å². The Morgan fingerprint density at radius 3 is 2.53 bits per heavy atom. The van der Waals surface area contributed by atoms with Gasteiger partial charge in [0.05, 0.1) is 18.8 Å². The maximum atomic E-state index is 15.0. The molecule has 7 heteroatoms. The molecule has 1 atom stereocenters. The molecule has 1 aliphatic heterocycles. The lowest BCUT2D eigenvalue weighted by Crippen LogP contribution is -2.33. The molecule has 0 bridgehead atoms. The summed E-state index contributed by atoms with van der Waals surface area (Å²) in [6, 6.07) is 27.6. The van der Waals surface area contributed by atoms with Crippen LogP contribution in [0.4, 0.5) is 14.9 Å². The highest BCUT2D eigenvalue weighted by Crippen LogP contribution is 2.31. The van der Waals surface area contributed by atoms with Gasteiger partial charge in [0.2, 0.25) is 5.91 Å². The van der Waals surface area contributed by atoms with Gasteiger partial charge in [-0.25, -0.2) is 9.18 Å². The first-order valence-electron chi connectivity index (χ1n) is 12.7. The van der Waals surface area contributed by atoms with E-state index in [-0.39, 0.29) is 19.0 Å². The van der Waals surface area contributed by atoms with Crippen LogP contribution in [0.3, 0.4) is 0 Å². The van der Waals surface area contributed by atoms with E-state index >= 15 is 4.39 Å². The maximum Gasteiger partial charge on any atom is 0.414 e. The zero-order valence-corrected chi connectivity index (χ0v) is 22.0. The fourth-order valence-electron chi connectivity index (χ4n) is 4.59. The third kappa shape index (κ3) is 6.11. The van der Waals surface area contributed by atoms with E-state index < -0.39 is 18.0 Å². The van der Waals surface area contributed by atoms with Crippen molar-refractivity contribution < 1.29 is 18.7 Å². The fourth-order valence-corrected chi connectivity index (χ4v) is 5.64. The largest absolute Gasteiger partial charge is 0.442 e. The highest BCUT2D eigenvalue weighted by molar-refractivity contribution is 7.15. The molecule has 0 spiro atoms. The van der Waals surface area contributed by atoms with Crippen molar-refractivity contribution >= 4 is 29.0 Å². The second-order valence-electron chi connectivity index (χ2n) is 9.40. The monoisotopic (exact) mass is 528 g/mol. The van der Waals surface area contributed by atoms with Crippen LogP contribution in [0.15, 0.2) is 84.9 Å². The number of ether oxygens (including phenoxy) is 1. The summed E-state index contributed by atoms with van der Waals surface area (Å²) in [5.41, 5.74) is 4.18. The van der Waals surface area contributed by atoms with Gasteiger partial charge in [-0.05, 0) is 66.3 Å². The Bertz CT molecular complexity index is 1420. The summed E-state index contributed by atoms with van der Waals surface area (Å²) < 4.78 is 20.3. The minimum atomic E-state index is -0.546. The van der Waals surface area contributed by atoms with E-state index in [0.717, 1.165) is 24.8 Å². The number of carbonyl (C=O) groups is 2. The fraction of sp³-hybridized carbons (Fsp3) is 0.226. The highest BCUT2D eigenvalue weighted by atomic mass is 32.1. The summed E-state index contributed by atoms with van der Waals surface area (Å²) in [6.07, 6.45) is 2.02. The molecule has 2 heterocycles. The number of hydrogen-bond acceptors (Lipinski definition) is 4. The van der Waals surface area contributed by atoms with Crippen LogP contribution in [0.2, 0.25) is 0 Å². The van der Waals surface area contributed by atoms with Crippen molar-refractivity contribution in [1.82, 2.24) is 5.32 Å². The number of anilines is 1. The third-order valence-corrected chi connectivity index (χ3v) is 7.78. The number of halogens is 1.